The first kappa shape index (κ1) is 11.5. The maximum absolute atomic E-state index is 9.06. The molecule has 0 bridgehead atoms. The molecule has 4 heteroatoms. The van der Waals surface area contributed by atoms with Crippen LogP contribution in [0.4, 0.5) is 0 Å². The van der Waals surface area contributed by atoms with Gasteiger partial charge < -0.3 is 15.5 Å². The summed E-state index contributed by atoms with van der Waals surface area (Å²) in [7, 11) is 0. The zero-order valence-corrected chi connectivity index (χ0v) is 8.54. The molecule has 0 fully saturated rings. The van der Waals surface area contributed by atoms with Crippen molar-refractivity contribution >= 4 is 11.6 Å². The van der Waals surface area contributed by atoms with Gasteiger partial charge in [-0.3, -0.25) is 0 Å². The number of hydrogen-bond donors (Lipinski definition) is 3. The predicted octanol–water partition coefficient (Wildman–Crippen LogP) is 0.783. The summed E-state index contributed by atoms with van der Waals surface area (Å²) >= 11 is 5.92. The van der Waals surface area contributed by atoms with Crippen LogP contribution in [-0.2, 0) is 6.54 Å². The summed E-state index contributed by atoms with van der Waals surface area (Å²) in [6, 6.07) is 7.52. The minimum atomic E-state index is -0.711. The summed E-state index contributed by atoms with van der Waals surface area (Å²) in [6.45, 7) is 0.730. The second-order valence-corrected chi connectivity index (χ2v) is 3.47. The lowest BCUT2D eigenvalue weighted by Crippen LogP contribution is -2.28. The van der Waals surface area contributed by atoms with Crippen molar-refractivity contribution in [1.82, 2.24) is 5.32 Å². The van der Waals surface area contributed by atoms with Gasteiger partial charge in [-0.15, -0.1) is 0 Å². The summed E-state index contributed by atoms with van der Waals surface area (Å²) in [5.41, 5.74) is 0.985. The quantitative estimate of drug-likeness (QED) is 0.681. The Morgan fingerprint density at radius 1 is 1.36 bits per heavy atom. The molecule has 0 unspecified atom stereocenters. The zero-order valence-electron chi connectivity index (χ0n) is 7.78. The van der Waals surface area contributed by atoms with Crippen molar-refractivity contribution in [2.75, 3.05) is 13.2 Å². The Morgan fingerprint density at radius 2 is 2.07 bits per heavy atom. The SMILES string of the molecule is OC[C@@H](O)CNCc1ccccc1Cl. The fourth-order valence-electron chi connectivity index (χ4n) is 1.08. The lowest BCUT2D eigenvalue weighted by atomic mass is 10.2. The topological polar surface area (TPSA) is 52.5 Å². The molecule has 3 N–H and O–H groups in total. The van der Waals surface area contributed by atoms with Gasteiger partial charge in [0.25, 0.3) is 0 Å². The first-order chi connectivity index (χ1) is 6.74. The molecule has 0 saturated carbocycles. The van der Waals surface area contributed by atoms with Crippen molar-refractivity contribution in [2.45, 2.75) is 12.6 Å². The Bertz CT molecular complexity index is 281. The van der Waals surface area contributed by atoms with E-state index in [0.717, 1.165) is 5.56 Å². The molecule has 1 atom stereocenters. The van der Waals surface area contributed by atoms with E-state index in [1.165, 1.54) is 0 Å². The van der Waals surface area contributed by atoms with Crippen molar-refractivity contribution in [3.8, 4) is 0 Å². The highest BCUT2D eigenvalue weighted by Gasteiger charge is 2.02. The van der Waals surface area contributed by atoms with Gasteiger partial charge in [0.2, 0.25) is 0 Å². The van der Waals surface area contributed by atoms with Crippen LogP contribution in [0.15, 0.2) is 24.3 Å². The standard InChI is InChI=1S/C10H14ClNO2/c11-10-4-2-1-3-8(10)5-12-6-9(14)7-13/h1-4,9,12-14H,5-7H2/t9-/m0/s1. The van der Waals surface area contributed by atoms with E-state index >= 15 is 0 Å². The molecule has 78 valence electrons. The Balaban J connectivity index is 2.35. The highest BCUT2D eigenvalue weighted by Crippen LogP contribution is 2.13. The summed E-state index contributed by atoms with van der Waals surface area (Å²) in [6.07, 6.45) is -0.711. The molecule has 1 aromatic carbocycles. The van der Waals surface area contributed by atoms with Gasteiger partial charge in [0.05, 0.1) is 12.7 Å². The lowest BCUT2D eigenvalue weighted by Gasteiger charge is -2.09. The number of aliphatic hydroxyl groups is 2. The molecule has 1 aromatic rings. The molecule has 0 heterocycles. The summed E-state index contributed by atoms with van der Waals surface area (Å²) < 4.78 is 0. The molecule has 0 saturated heterocycles. The van der Waals surface area contributed by atoms with E-state index in [1.807, 2.05) is 24.3 Å². The van der Waals surface area contributed by atoms with Crippen molar-refractivity contribution in [2.24, 2.45) is 0 Å². The minimum absolute atomic E-state index is 0.227. The molecule has 0 spiro atoms. The van der Waals surface area contributed by atoms with Crippen molar-refractivity contribution in [3.05, 3.63) is 34.9 Å². The molecule has 14 heavy (non-hydrogen) atoms. The molecule has 0 aliphatic rings. The first-order valence-electron chi connectivity index (χ1n) is 4.47. The van der Waals surface area contributed by atoms with Gasteiger partial charge in [0, 0.05) is 18.1 Å². The molecular weight excluding hydrogens is 202 g/mol. The van der Waals surface area contributed by atoms with Gasteiger partial charge in [-0.1, -0.05) is 29.8 Å². The second-order valence-electron chi connectivity index (χ2n) is 3.06. The Morgan fingerprint density at radius 3 is 2.71 bits per heavy atom. The number of benzene rings is 1. The molecule has 1 rings (SSSR count). The third kappa shape index (κ3) is 3.64. The average Bonchev–Trinajstić information content (AvgIpc) is 2.20. The van der Waals surface area contributed by atoms with Gasteiger partial charge >= 0.3 is 0 Å². The maximum atomic E-state index is 9.06. The van der Waals surface area contributed by atoms with Crippen LogP contribution in [0.25, 0.3) is 0 Å². The van der Waals surface area contributed by atoms with Gasteiger partial charge in [-0.05, 0) is 11.6 Å². The summed E-state index contributed by atoms with van der Waals surface area (Å²) in [4.78, 5) is 0. The summed E-state index contributed by atoms with van der Waals surface area (Å²) in [5, 5.41) is 21.3. The molecule has 3 nitrogen and oxygen atoms in total. The monoisotopic (exact) mass is 215 g/mol. The molecule has 0 amide bonds. The van der Waals surface area contributed by atoms with E-state index in [9.17, 15) is 0 Å². The van der Waals surface area contributed by atoms with Gasteiger partial charge in [-0.2, -0.15) is 0 Å². The van der Waals surface area contributed by atoms with Crippen LogP contribution < -0.4 is 5.32 Å². The number of rotatable bonds is 5. The summed E-state index contributed by atoms with van der Waals surface area (Å²) in [5.74, 6) is 0. The van der Waals surface area contributed by atoms with Gasteiger partial charge in [0.1, 0.15) is 0 Å². The zero-order chi connectivity index (χ0) is 10.4. The van der Waals surface area contributed by atoms with E-state index in [4.69, 9.17) is 21.8 Å². The molecule has 0 aliphatic heterocycles. The minimum Gasteiger partial charge on any atom is -0.394 e. The Labute approximate surface area is 88.3 Å². The van der Waals surface area contributed by atoms with E-state index in [1.54, 1.807) is 0 Å². The van der Waals surface area contributed by atoms with Crippen LogP contribution in [0.5, 0.6) is 0 Å². The number of hydrogen-bond acceptors (Lipinski definition) is 3. The number of nitrogens with one attached hydrogen (secondary N) is 1. The van der Waals surface area contributed by atoms with E-state index in [0.29, 0.717) is 18.1 Å². The molecule has 0 aliphatic carbocycles. The Hall–Kier alpha value is -0.610. The fourth-order valence-corrected chi connectivity index (χ4v) is 1.28. The Kier molecular flexibility index (Phi) is 4.90. The largest absolute Gasteiger partial charge is 0.394 e. The van der Waals surface area contributed by atoms with E-state index in [-0.39, 0.29) is 6.61 Å². The van der Waals surface area contributed by atoms with Gasteiger partial charge in [-0.25, -0.2) is 0 Å². The van der Waals surface area contributed by atoms with E-state index in [2.05, 4.69) is 5.32 Å². The molecule has 0 radical (unpaired) electrons. The third-order valence-electron chi connectivity index (χ3n) is 1.86. The van der Waals surface area contributed by atoms with Crippen molar-refractivity contribution in [3.63, 3.8) is 0 Å². The normalized spacial score (nSPS) is 12.8. The molecular formula is C10H14ClNO2. The van der Waals surface area contributed by atoms with Crippen LogP contribution in [0.3, 0.4) is 0 Å². The second kappa shape index (κ2) is 5.98. The van der Waals surface area contributed by atoms with Crippen LogP contribution in [-0.4, -0.2) is 29.5 Å². The van der Waals surface area contributed by atoms with Crippen molar-refractivity contribution < 1.29 is 10.2 Å². The number of aliphatic hydroxyl groups excluding tert-OH is 2. The lowest BCUT2D eigenvalue weighted by molar-refractivity contribution is 0.0942. The average molecular weight is 216 g/mol. The first-order valence-corrected chi connectivity index (χ1v) is 4.85. The predicted molar refractivity (Wildman–Crippen MR) is 56.3 cm³/mol. The van der Waals surface area contributed by atoms with Crippen LogP contribution in [0.2, 0.25) is 5.02 Å². The van der Waals surface area contributed by atoms with E-state index < -0.39 is 6.10 Å². The number of halogens is 1. The smallest absolute Gasteiger partial charge is 0.0895 e. The highest BCUT2D eigenvalue weighted by atomic mass is 35.5. The maximum Gasteiger partial charge on any atom is 0.0895 e. The van der Waals surface area contributed by atoms with Crippen LogP contribution >= 0.6 is 11.6 Å². The van der Waals surface area contributed by atoms with Crippen molar-refractivity contribution in [1.29, 1.82) is 0 Å². The fraction of sp³-hybridized carbons (Fsp3) is 0.400. The van der Waals surface area contributed by atoms with Gasteiger partial charge in [0.15, 0.2) is 0 Å². The van der Waals surface area contributed by atoms with Crippen LogP contribution in [0.1, 0.15) is 5.56 Å². The third-order valence-corrected chi connectivity index (χ3v) is 2.23. The molecule has 0 aromatic heterocycles. The highest BCUT2D eigenvalue weighted by molar-refractivity contribution is 6.31. The van der Waals surface area contributed by atoms with Crippen LogP contribution in [0, 0.1) is 0 Å².